The zero-order valence-corrected chi connectivity index (χ0v) is 17.7. The van der Waals surface area contributed by atoms with Gasteiger partial charge in [-0.05, 0) is 66.1 Å². The maximum Gasteiger partial charge on any atom is 0.274 e. The summed E-state index contributed by atoms with van der Waals surface area (Å²) in [6.07, 6.45) is 6.65. The van der Waals surface area contributed by atoms with E-state index in [1.54, 1.807) is 0 Å². The van der Waals surface area contributed by atoms with Crippen LogP contribution in [0.15, 0.2) is 0 Å². The van der Waals surface area contributed by atoms with Gasteiger partial charge in [-0.15, -0.1) is 0 Å². The van der Waals surface area contributed by atoms with Gasteiger partial charge in [-0.2, -0.15) is 5.10 Å². The number of carbonyl (C=O) groups excluding carboxylic acids is 1. The fourth-order valence-electron chi connectivity index (χ4n) is 4.59. The van der Waals surface area contributed by atoms with E-state index in [0.717, 1.165) is 77.1 Å². The molecular formula is C21H37N5O. The Kier molecular flexibility index (Phi) is 6.93. The SMILES string of the molecule is CCN(CCN(C)C)[C@@H]1CCc2c(c(C(=O)N3CCCCC3)nn2CC)C1. The number of aryl methyl sites for hydroxylation is 1. The zero-order valence-electron chi connectivity index (χ0n) is 17.7. The van der Waals surface area contributed by atoms with E-state index in [4.69, 9.17) is 5.10 Å². The van der Waals surface area contributed by atoms with Crippen LogP contribution in [-0.2, 0) is 19.4 Å². The number of nitrogens with zero attached hydrogens (tertiary/aromatic N) is 5. The lowest BCUT2D eigenvalue weighted by Crippen LogP contribution is -2.43. The summed E-state index contributed by atoms with van der Waals surface area (Å²) in [5.41, 5.74) is 3.27. The van der Waals surface area contributed by atoms with Crippen LogP contribution in [0.4, 0.5) is 0 Å². The summed E-state index contributed by atoms with van der Waals surface area (Å²) in [6.45, 7) is 10.2. The molecule has 0 saturated carbocycles. The van der Waals surface area contributed by atoms with Crippen molar-refractivity contribution >= 4 is 5.91 Å². The predicted octanol–water partition coefficient (Wildman–Crippen LogP) is 2.27. The molecule has 1 aliphatic heterocycles. The minimum absolute atomic E-state index is 0.162. The largest absolute Gasteiger partial charge is 0.337 e. The van der Waals surface area contributed by atoms with Crippen LogP contribution >= 0.6 is 0 Å². The van der Waals surface area contributed by atoms with Gasteiger partial charge in [-0.3, -0.25) is 14.4 Å². The highest BCUT2D eigenvalue weighted by atomic mass is 16.2. The number of hydrogen-bond donors (Lipinski definition) is 0. The Morgan fingerprint density at radius 3 is 2.52 bits per heavy atom. The summed E-state index contributed by atoms with van der Waals surface area (Å²) in [5.74, 6) is 0.162. The van der Waals surface area contributed by atoms with E-state index in [1.807, 2.05) is 4.90 Å². The second-order valence-corrected chi connectivity index (χ2v) is 8.27. The first-order valence-electron chi connectivity index (χ1n) is 10.8. The van der Waals surface area contributed by atoms with E-state index in [-0.39, 0.29) is 5.91 Å². The topological polar surface area (TPSA) is 44.6 Å². The van der Waals surface area contributed by atoms with Gasteiger partial charge in [0.2, 0.25) is 0 Å². The van der Waals surface area contributed by atoms with Crippen LogP contribution in [0.25, 0.3) is 0 Å². The van der Waals surface area contributed by atoms with E-state index in [9.17, 15) is 4.79 Å². The summed E-state index contributed by atoms with van der Waals surface area (Å²) in [6, 6.07) is 0.518. The van der Waals surface area contributed by atoms with Gasteiger partial charge in [0.05, 0.1) is 0 Å². The summed E-state index contributed by atoms with van der Waals surface area (Å²) < 4.78 is 2.08. The molecule has 6 nitrogen and oxygen atoms in total. The van der Waals surface area contributed by atoms with Gasteiger partial charge >= 0.3 is 0 Å². The third kappa shape index (κ3) is 4.54. The summed E-state index contributed by atoms with van der Waals surface area (Å²) in [5, 5.41) is 4.78. The first-order chi connectivity index (χ1) is 13.0. The van der Waals surface area contributed by atoms with Crippen molar-refractivity contribution in [1.82, 2.24) is 24.5 Å². The molecule has 1 atom stereocenters. The van der Waals surface area contributed by atoms with Crippen LogP contribution in [0, 0.1) is 0 Å². The number of fused-ring (bicyclic) bond motifs is 1. The van der Waals surface area contributed by atoms with Crippen molar-refractivity contribution in [2.75, 3.05) is 46.8 Å². The van der Waals surface area contributed by atoms with Gasteiger partial charge in [0.15, 0.2) is 5.69 Å². The average molecular weight is 376 g/mol. The van der Waals surface area contributed by atoms with Crippen molar-refractivity contribution in [3.8, 4) is 0 Å². The highest BCUT2D eigenvalue weighted by molar-refractivity contribution is 5.94. The molecule has 1 amide bonds. The Bertz CT molecular complexity index is 633. The van der Waals surface area contributed by atoms with Gasteiger partial charge < -0.3 is 9.80 Å². The van der Waals surface area contributed by atoms with Gasteiger partial charge in [0.25, 0.3) is 5.91 Å². The molecule has 0 bridgehead atoms. The molecule has 1 aromatic heterocycles. The van der Waals surface area contributed by atoms with Crippen molar-refractivity contribution in [2.45, 2.75) is 65.0 Å². The van der Waals surface area contributed by atoms with Crippen LogP contribution in [0.1, 0.15) is 61.3 Å². The summed E-state index contributed by atoms with van der Waals surface area (Å²) in [4.78, 5) is 20.1. The highest BCUT2D eigenvalue weighted by Crippen LogP contribution is 2.29. The monoisotopic (exact) mass is 375 g/mol. The predicted molar refractivity (Wildman–Crippen MR) is 109 cm³/mol. The Morgan fingerprint density at radius 2 is 1.89 bits per heavy atom. The number of rotatable bonds is 7. The third-order valence-corrected chi connectivity index (χ3v) is 6.22. The zero-order chi connectivity index (χ0) is 19.4. The molecule has 0 spiro atoms. The first-order valence-corrected chi connectivity index (χ1v) is 10.8. The summed E-state index contributed by atoms with van der Waals surface area (Å²) in [7, 11) is 4.26. The van der Waals surface area contributed by atoms with Crippen molar-refractivity contribution in [2.24, 2.45) is 0 Å². The number of carbonyl (C=O) groups is 1. The van der Waals surface area contributed by atoms with Gasteiger partial charge in [-0.1, -0.05) is 6.92 Å². The molecular weight excluding hydrogens is 338 g/mol. The van der Waals surface area contributed by atoms with Crippen LogP contribution in [0.5, 0.6) is 0 Å². The maximum absolute atomic E-state index is 13.2. The fourth-order valence-corrected chi connectivity index (χ4v) is 4.59. The van der Waals surface area contributed by atoms with Crippen LogP contribution < -0.4 is 0 Å². The smallest absolute Gasteiger partial charge is 0.274 e. The average Bonchev–Trinajstić information content (AvgIpc) is 3.06. The van der Waals surface area contributed by atoms with Crippen molar-refractivity contribution in [3.05, 3.63) is 17.0 Å². The van der Waals surface area contributed by atoms with Crippen LogP contribution in [0.3, 0.4) is 0 Å². The lowest BCUT2D eigenvalue weighted by molar-refractivity contribution is 0.0715. The molecule has 0 aromatic carbocycles. The molecule has 152 valence electrons. The number of likely N-dealkylation sites (N-methyl/N-ethyl adjacent to an activating group) is 2. The molecule has 2 heterocycles. The van der Waals surface area contributed by atoms with E-state index in [1.165, 1.54) is 17.7 Å². The van der Waals surface area contributed by atoms with Crippen molar-refractivity contribution in [1.29, 1.82) is 0 Å². The molecule has 6 heteroatoms. The lowest BCUT2D eigenvalue weighted by atomic mass is 9.89. The molecule has 1 aliphatic carbocycles. The van der Waals surface area contributed by atoms with Gasteiger partial charge in [0, 0.05) is 50.0 Å². The minimum Gasteiger partial charge on any atom is -0.337 e. The molecule has 3 rings (SSSR count). The van der Waals surface area contributed by atoms with E-state index >= 15 is 0 Å². The number of piperidine rings is 1. The minimum atomic E-state index is 0.162. The third-order valence-electron chi connectivity index (χ3n) is 6.22. The van der Waals surface area contributed by atoms with E-state index < -0.39 is 0 Å². The van der Waals surface area contributed by atoms with E-state index in [2.05, 4.69) is 42.4 Å². The van der Waals surface area contributed by atoms with Gasteiger partial charge in [0.1, 0.15) is 0 Å². The molecule has 2 aliphatic rings. The Hall–Kier alpha value is -1.40. The van der Waals surface area contributed by atoms with Crippen LogP contribution in [0.2, 0.25) is 0 Å². The Labute approximate surface area is 164 Å². The normalized spacial score (nSPS) is 20.4. The second kappa shape index (κ2) is 9.20. The Balaban J connectivity index is 1.81. The van der Waals surface area contributed by atoms with Crippen molar-refractivity contribution in [3.63, 3.8) is 0 Å². The highest BCUT2D eigenvalue weighted by Gasteiger charge is 2.32. The fraction of sp³-hybridized carbons (Fsp3) is 0.810. The molecule has 1 fully saturated rings. The quantitative estimate of drug-likeness (QED) is 0.733. The standard InChI is InChI=1S/C21H37N5O/c1-5-24(15-14-23(3)4)17-10-11-19-18(16-17)20(22-26(19)6-2)21(27)25-12-8-7-9-13-25/h17H,5-16H2,1-4H3/t17-/m1/s1. The number of likely N-dealkylation sites (tertiary alicyclic amines) is 1. The molecule has 0 radical (unpaired) electrons. The molecule has 0 N–H and O–H groups in total. The molecule has 27 heavy (non-hydrogen) atoms. The number of amides is 1. The summed E-state index contributed by atoms with van der Waals surface area (Å²) >= 11 is 0. The maximum atomic E-state index is 13.2. The lowest BCUT2D eigenvalue weighted by Gasteiger charge is -2.34. The van der Waals surface area contributed by atoms with Gasteiger partial charge in [-0.25, -0.2) is 0 Å². The number of hydrogen-bond acceptors (Lipinski definition) is 4. The van der Waals surface area contributed by atoms with Crippen molar-refractivity contribution < 1.29 is 4.79 Å². The molecule has 1 aromatic rings. The number of aromatic nitrogens is 2. The van der Waals surface area contributed by atoms with Crippen LogP contribution in [-0.4, -0.2) is 83.2 Å². The molecule has 0 unspecified atom stereocenters. The van der Waals surface area contributed by atoms with E-state index in [0.29, 0.717) is 6.04 Å². The second-order valence-electron chi connectivity index (χ2n) is 8.27. The Morgan fingerprint density at radius 1 is 1.15 bits per heavy atom. The first kappa shape index (κ1) is 20.3. The molecule has 1 saturated heterocycles.